The molecule has 12 heavy (non-hydrogen) atoms. The molecule has 1 aliphatic carbocycles. The number of carbonyl (C=O) groups is 1. The van der Waals surface area contributed by atoms with Gasteiger partial charge in [-0.25, -0.2) is 4.79 Å². The second-order valence-corrected chi connectivity index (χ2v) is 3.55. The molecule has 0 spiro atoms. The van der Waals surface area contributed by atoms with Crippen LogP contribution in [0.25, 0.3) is 0 Å². The number of hydrogen-bond donors (Lipinski definition) is 1. The van der Waals surface area contributed by atoms with E-state index in [0.29, 0.717) is 5.92 Å². The number of rotatable bonds is 2. The van der Waals surface area contributed by atoms with Crippen molar-refractivity contribution in [1.82, 2.24) is 4.90 Å². The summed E-state index contributed by atoms with van der Waals surface area (Å²) < 4.78 is 5.13. The fraction of sp³-hybridized carbons (Fsp3) is 0.875. The minimum atomic E-state index is -0.300. The number of hydrogen-bond acceptors (Lipinski definition) is 3. The Hall–Kier alpha value is -0.770. The summed E-state index contributed by atoms with van der Waals surface area (Å²) in [6.07, 6.45) is 1.89. The Kier molecular flexibility index (Phi) is 1.72. The van der Waals surface area contributed by atoms with E-state index in [1.54, 1.807) is 7.05 Å². The molecule has 2 aliphatic rings. The summed E-state index contributed by atoms with van der Waals surface area (Å²) in [6, 6.07) is -0.120. The van der Waals surface area contributed by atoms with Crippen LogP contribution in [0.3, 0.4) is 0 Å². The smallest absolute Gasteiger partial charge is 0.410 e. The van der Waals surface area contributed by atoms with Crippen LogP contribution in [-0.2, 0) is 4.74 Å². The lowest BCUT2D eigenvalue weighted by Gasteiger charge is -2.17. The van der Waals surface area contributed by atoms with Crippen molar-refractivity contribution >= 4 is 6.09 Å². The molecule has 1 aliphatic heterocycles. The van der Waals surface area contributed by atoms with Crippen molar-refractivity contribution in [3.05, 3.63) is 0 Å². The molecule has 1 saturated heterocycles. The summed E-state index contributed by atoms with van der Waals surface area (Å²) in [7, 11) is 1.67. The quantitative estimate of drug-likeness (QED) is 0.646. The molecule has 68 valence electrons. The van der Waals surface area contributed by atoms with Crippen molar-refractivity contribution in [2.45, 2.75) is 25.0 Å². The van der Waals surface area contributed by atoms with Gasteiger partial charge < -0.3 is 14.7 Å². The Morgan fingerprint density at radius 1 is 1.67 bits per heavy atom. The molecule has 2 rings (SSSR count). The summed E-state index contributed by atoms with van der Waals surface area (Å²) in [5, 5.41) is 9.03. The number of amides is 1. The molecule has 4 nitrogen and oxygen atoms in total. The van der Waals surface area contributed by atoms with Gasteiger partial charge in [-0.3, -0.25) is 0 Å². The lowest BCUT2D eigenvalue weighted by atomic mass is 10.1. The molecular formula is C8H13NO3. The van der Waals surface area contributed by atoms with Gasteiger partial charge in [0.15, 0.2) is 0 Å². The first-order valence-electron chi connectivity index (χ1n) is 4.28. The first-order valence-corrected chi connectivity index (χ1v) is 4.28. The Balaban J connectivity index is 2.08. The van der Waals surface area contributed by atoms with Gasteiger partial charge in [0.1, 0.15) is 6.10 Å². The number of nitrogens with zero attached hydrogens (tertiary/aromatic N) is 1. The molecule has 1 N–H and O–H groups in total. The van der Waals surface area contributed by atoms with Crippen molar-refractivity contribution in [2.75, 3.05) is 13.7 Å². The predicted octanol–water partition coefficient (Wildman–Crippen LogP) is 0.208. The average molecular weight is 171 g/mol. The van der Waals surface area contributed by atoms with Crippen molar-refractivity contribution < 1.29 is 14.6 Å². The number of carbonyl (C=O) groups excluding carboxylic acids is 1. The molecule has 2 fully saturated rings. The number of aliphatic hydroxyl groups is 1. The SMILES string of the molecule is CN1C(=O)OC(C2CC2)C1CO. The van der Waals surface area contributed by atoms with E-state index in [9.17, 15) is 4.79 Å². The maximum absolute atomic E-state index is 11.1. The van der Waals surface area contributed by atoms with Crippen LogP contribution < -0.4 is 0 Å². The van der Waals surface area contributed by atoms with Crippen LogP contribution in [0.4, 0.5) is 4.79 Å². The minimum Gasteiger partial charge on any atom is -0.444 e. The summed E-state index contributed by atoms with van der Waals surface area (Å²) in [5.41, 5.74) is 0. The van der Waals surface area contributed by atoms with Gasteiger partial charge in [-0.1, -0.05) is 0 Å². The monoisotopic (exact) mass is 171 g/mol. The first-order chi connectivity index (χ1) is 5.74. The van der Waals surface area contributed by atoms with Crippen molar-refractivity contribution in [2.24, 2.45) is 5.92 Å². The first kappa shape index (κ1) is 7.86. The fourth-order valence-corrected chi connectivity index (χ4v) is 1.70. The highest BCUT2D eigenvalue weighted by Gasteiger charge is 2.47. The third kappa shape index (κ3) is 1.06. The van der Waals surface area contributed by atoms with Gasteiger partial charge in [-0.2, -0.15) is 0 Å². The zero-order chi connectivity index (χ0) is 8.72. The summed E-state index contributed by atoms with van der Waals surface area (Å²) >= 11 is 0. The average Bonchev–Trinajstić information content (AvgIpc) is 2.82. The molecular weight excluding hydrogens is 158 g/mol. The lowest BCUT2D eigenvalue weighted by Crippen LogP contribution is -2.37. The van der Waals surface area contributed by atoms with E-state index in [4.69, 9.17) is 9.84 Å². The molecule has 2 unspecified atom stereocenters. The molecule has 0 aromatic carbocycles. The van der Waals surface area contributed by atoms with E-state index in [-0.39, 0.29) is 24.8 Å². The lowest BCUT2D eigenvalue weighted by molar-refractivity contribution is 0.103. The van der Waals surface area contributed by atoms with Gasteiger partial charge in [0.05, 0.1) is 12.6 Å². The molecule has 4 heteroatoms. The second kappa shape index (κ2) is 2.62. The van der Waals surface area contributed by atoms with Crippen molar-refractivity contribution in [3.63, 3.8) is 0 Å². The van der Waals surface area contributed by atoms with Gasteiger partial charge >= 0.3 is 6.09 Å². The standard InChI is InChI=1S/C8H13NO3/c1-9-6(4-10)7(5-2-3-5)12-8(9)11/h5-7,10H,2-4H2,1H3. The van der Waals surface area contributed by atoms with Crippen LogP contribution in [0, 0.1) is 5.92 Å². The Morgan fingerprint density at radius 2 is 2.33 bits per heavy atom. The highest BCUT2D eigenvalue weighted by molar-refractivity contribution is 5.70. The summed E-state index contributed by atoms with van der Waals surface area (Å²) in [5.74, 6) is 0.496. The highest BCUT2D eigenvalue weighted by atomic mass is 16.6. The largest absolute Gasteiger partial charge is 0.444 e. The fourth-order valence-electron chi connectivity index (χ4n) is 1.70. The van der Waals surface area contributed by atoms with Crippen LogP contribution >= 0.6 is 0 Å². The maximum Gasteiger partial charge on any atom is 0.410 e. The van der Waals surface area contributed by atoms with Crippen molar-refractivity contribution in [1.29, 1.82) is 0 Å². The number of aliphatic hydroxyl groups excluding tert-OH is 1. The minimum absolute atomic E-state index is 0.00338. The van der Waals surface area contributed by atoms with E-state index < -0.39 is 0 Å². The number of likely N-dealkylation sites (N-methyl/N-ethyl adjacent to an activating group) is 1. The molecule has 0 aromatic heterocycles. The molecule has 1 heterocycles. The second-order valence-electron chi connectivity index (χ2n) is 3.55. The normalized spacial score (nSPS) is 35.5. The van der Waals surface area contributed by atoms with E-state index in [0.717, 1.165) is 12.8 Å². The molecule has 2 atom stereocenters. The third-order valence-corrected chi connectivity index (χ3v) is 2.68. The van der Waals surface area contributed by atoms with E-state index in [1.807, 2.05) is 0 Å². The van der Waals surface area contributed by atoms with E-state index >= 15 is 0 Å². The zero-order valence-electron chi connectivity index (χ0n) is 7.06. The molecule has 0 aromatic rings. The summed E-state index contributed by atoms with van der Waals surface area (Å²) in [6.45, 7) is 0.00338. The number of cyclic esters (lactones) is 1. The molecule has 1 amide bonds. The van der Waals surface area contributed by atoms with Gasteiger partial charge in [-0.05, 0) is 18.8 Å². The maximum atomic E-state index is 11.1. The highest BCUT2D eigenvalue weighted by Crippen LogP contribution is 2.39. The van der Waals surface area contributed by atoms with Crippen LogP contribution in [0.2, 0.25) is 0 Å². The summed E-state index contributed by atoms with van der Waals surface area (Å²) in [4.78, 5) is 12.6. The Morgan fingerprint density at radius 3 is 2.83 bits per heavy atom. The molecule has 0 radical (unpaired) electrons. The Labute approximate surface area is 71.1 Å². The molecule has 0 bridgehead atoms. The van der Waals surface area contributed by atoms with Crippen LogP contribution in [0.15, 0.2) is 0 Å². The topological polar surface area (TPSA) is 49.8 Å². The molecule has 1 saturated carbocycles. The van der Waals surface area contributed by atoms with E-state index in [2.05, 4.69) is 0 Å². The van der Waals surface area contributed by atoms with Gasteiger partial charge in [0.25, 0.3) is 0 Å². The van der Waals surface area contributed by atoms with Gasteiger partial charge in [0.2, 0.25) is 0 Å². The van der Waals surface area contributed by atoms with Crippen LogP contribution in [-0.4, -0.2) is 41.9 Å². The van der Waals surface area contributed by atoms with Gasteiger partial charge in [0, 0.05) is 7.05 Å². The third-order valence-electron chi connectivity index (χ3n) is 2.68. The Bertz CT molecular complexity index is 202. The van der Waals surface area contributed by atoms with Gasteiger partial charge in [-0.15, -0.1) is 0 Å². The van der Waals surface area contributed by atoms with Crippen LogP contribution in [0.1, 0.15) is 12.8 Å². The van der Waals surface area contributed by atoms with E-state index in [1.165, 1.54) is 4.90 Å². The predicted molar refractivity (Wildman–Crippen MR) is 41.6 cm³/mol. The van der Waals surface area contributed by atoms with Crippen molar-refractivity contribution in [3.8, 4) is 0 Å². The number of ether oxygens (including phenoxy) is 1. The zero-order valence-corrected chi connectivity index (χ0v) is 7.06. The van der Waals surface area contributed by atoms with Crippen LogP contribution in [0.5, 0.6) is 0 Å².